The summed E-state index contributed by atoms with van der Waals surface area (Å²) in [7, 11) is 0. The maximum atomic E-state index is 13.1. The Morgan fingerprint density at radius 2 is 2.08 bits per heavy atom. The molecule has 0 radical (unpaired) electrons. The second kappa shape index (κ2) is 6.18. The van der Waals surface area contributed by atoms with Crippen LogP contribution in [-0.2, 0) is 4.79 Å². The monoisotopic (exact) mass is 351 g/mol. The number of amides is 1. The van der Waals surface area contributed by atoms with E-state index >= 15 is 0 Å². The highest BCUT2D eigenvalue weighted by atomic mass is 32.1. The molecule has 1 aliphatic rings. The molecule has 1 unspecified atom stereocenters. The van der Waals surface area contributed by atoms with Gasteiger partial charge >= 0.3 is 0 Å². The van der Waals surface area contributed by atoms with Gasteiger partial charge in [-0.15, -0.1) is 11.3 Å². The van der Waals surface area contributed by atoms with Crippen molar-refractivity contribution in [3.8, 4) is 0 Å². The highest BCUT2D eigenvalue weighted by Gasteiger charge is 2.34. The van der Waals surface area contributed by atoms with E-state index in [-0.39, 0.29) is 11.9 Å². The number of fused-ring (bicyclic) bond motifs is 1. The number of anilines is 2. The first-order valence-corrected chi connectivity index (χ1v) is 8.81. The Kier molecular flexibility index (Phi) is 3.85. The first-order valence-electron chi connectivity index (χ1n) is 7.93. The third-order valence-corrected chi connectivity index (χ3v) is 5.17. The van der Waals surface area contributed by atoms with Crippen molar-refractivity contribution in [1.82, 2.24) is 14.8 Å². The second-order valence-corrected chi connectivity index (χ2v) is 6.86. The van der Waals surface area contributed by atoms with Crippen molar-refractivity contribution in [3.05, 3.63) is 69.8 Å². The van der Waals surface area contributed by atoms with E-state index in [1.54, 1.807) is 16.0 Å². The van der Waals surface area contributed by atoms with Crippen LogP contribution in [0.25, 0.3) is 0 Å². The van der Waals surface area contributed by atoms with Gasteiger partial charge in [0.05, 0.1) is 5.57 Å². The molecule has 0 fully saturated rings. The smallest absolute Gasteiger partial charge is 0.255 e. The van der Waals surface area contributed by atoms with Crippen LogP contribution >= 0.6 is 11.3 Å². The Labute approximate surface area is 149 Å². The summed E-state index contributed by atoms with van der Waals surface area (Å²) in [5.41, 5.74) is 3.25. The van der Waals surface area contributed by atoms with Crippen molar-refractivity contribution in [3.63, 3.8) is 0 Å². The molecule has 7 heteroatoms. The van der Waals surface area contributed by atoms with E-state index in [1.165, 1.54) is 6.33 Å². The number of aromatic nitrogens is 3. The van der Waals surface area contributed by atoms with Crippen molar-refractivity contribution in [2.75, 3.05) is 10.6 Å². The maximum absolute atomic E-state index is 13.1. The molecule has 1 aliphatic heterocycles. The third kappa shape index (κ3) is 2.72. The lowest BCUT2D eigenvalue weighted by Gasteiger charge is -2.27. The summed E-state index contributed by atoms with van der Waals surface area (Å²) in [6.07, 6.45) is 1.50. The normalized spacial score (nSPS) is 16.3. The predicted octanol–water partition coefficient (Wildman–Crippen LogP) is 3.58. The minimum Gasteiger partial charge on any atom is -0.328 e. The molecule has 1 atom stereocenters. The average Bonchev–Trinajstić information content (AvgIpc) is 3.26. The van der Waals surface area contributed by atoms with Gasteiger partial charge in [0.15, 0.2) is 0 Å². The number of allylic oxidation sites excluding steroid dienone is 1. The van der Waals surface area contributed by atoms with E-state index in [2.05, 4.69) is 20.7 Å². The molecular formula is C18H17N5OS. The summed E-state index contributed by atoms with van der Waals surface area (Å²) in [5.74, 6) is 0.502. The Hall–Kier alpha value is -2.93. The highest BCUT2D eigenvalue weighted by molar-refractivity contribution is 7.10. The maximum Gasteiger partial charge on any atom is 0.255 e. The van der Waals surface area contributed by atoms with E-state index < -0.39 is 0 Å². The molecule has 3 heterocycles. The minimum atomic E-state index is -0.289. The largest absolute Gasteiger partial charge is 0.328 e. The van der Waals surface area contributed by atoms with Gasteiger partial charge in [-0.05, 0) is 36.9 Å². The van der Waals surface area contributed by atoms with Crippen molar-refractivity contribution in [2.45, 2.75) is 19.9 Å². The molecular weight excluding hydrogens is 334 g/mol. The fourth-order valence-corrected chi connectivity index (χ4v) is 3.82. The number of carbonyl (C=O) groups is 1. The van der Waals surface area contributed by atoms with Crippen molar-refractivity contribution in [1.29, 1.82) is 0 Å². The zero-order valence-electron chi connectivity index (χ0n) is 13.9. The SMILES string of the molecule is CC1=C(C(=O)Nc2ccccc2C)C(c2cccs2)n2ncnc2N1. The molecule has 1 aromatic carbocycles. The van der Waals surface area contributed by atoms with Gasteiger partial charge in [0.1, 0.15) is 12.4 Å². The molecule has 0 spiro atoms. The molecule has 0 saturated carbocycles. The summed E-state index contributed by atoms with van der Waals surface area (Å²) in [6.45, 7) is 3.87. The van der Waals surface area contributed by atoms with Crippen LogP contribution in [0.5, 0.6) is 0 Å². The van der Waals surface area contributed by atoms with Crippen molar-refractivity contribution >= 4 is 28.9 Å². The summed E-state index contributed by atoms with van der Waals surface area (Å²) in [4.78, 5) is 18.4. The van der Waals surface area contributed by atoms with Gasteiger partial charge in [-0.3, -0.25) is 4.79 Å². The van der Waals surface area contributed by atoms with Crippen LogP contribution in [0.15, 0.2) is 59.4 Å². The standard InChI is InChI=1S/C18H17N5OS/c1-11-6-3-4-7-13(11)22-17(24)15-12(2)21-18-19-10-20-23(18)16(15)14-8-5-9-25-14/h3-10,16H,1-2H3,(H,22,24)(H,19,20,21). The van der Waals surface area contributed by atoms with E-state index in [9.17, 15) is 4.79 Å². The Bertz CT molecular complexity index is 958. The molecule has 2 N–H and O–H groups in total. The van der Waals surface area contributed by atoms with Gasteiger partial charge in [0.25, 0.3) is 5.91 Å². The quantitative estimate of drug-likeness (QED) is 0.757. The van der Waals surface area contributed by atoms with Gasteiger partial charge in [-0.25, -0.2) is 4.68 Å². The van der Waals surface area contributed by atoms with Crippen LogP contribution in [-0.4, -0.2) is 20.7 Å². The Morgan fingerprint density at radius 1 is 1.24 bits per heavy atom. The summed E-state index contributed by atoms with van der Waals surface area (Å²) in [6, 6.07) is 11.4. The fourth-order valence-electron chi connectivity index (χ4n) is 3.00. The highest BCUT2D eigenvalue weighted by Crippen LogP contribution is 2.37. The Balaban J connectivity index is 1.76. The molecule has 0 bridgehead atoms. The minimum absolute atomic E-state index is 0.140. The van der Waals surface area contributed by atoms with Crippen LogP contribution in [0.1, 0.15) is 23.4 Å². The number of rotatable bonds is 3. The van der Waals surface area contributed by atoms with Gasteiger partial charge < -0.3 is 10.6 Å². The lowest BCUT2D eigenvalue weighted by molar-refractivity contribution is -0.113. The summed E-state index contributed by atoms with van der Waals surface area (Å²) in [5, 5.41) is 12.5. The molecule has 1 amide bonds. The first kappa shape index (κ1) is 15.6. The van der Waals surface area contributed by atoms with Crippen molar-refractivity contribution in [2.24, 2.45) is 0 Å². The number of nitrogens with one attached hydrogen (secondary N) is 2. The van der Waals surface area contributed by atoms with Gasteiger partial charge in [0.2, 0.25) is 5.95 Å². The van der Waals surface area contributed by atoms with Crippen LogP contribution in [0.2, 0.25) is 0 Å². The third-order valence-electron chi connectivity index (χ3n) is 4.24. The van der Waals surface area contributed by atoms with Crippen LogP contribution in [0.3, 0.4) is 0 Å². The summed E-state index contributed by atoms with van der Waals surface area (Å²) >= 11 is 1.60. The zero-order valence-corrected chi connectivity index (χ0v) is 14.7. The van der Waals surface area contributed by atoms with E-state index in [0.717, 1.165) is 21.8 Å². The average molecular weight is 351 g/mol. The lowest BCUT2D eigenvalue weighted by Crippen LogP contribution is -2.31. The summed E-state index contributed by atoms with van der Waals surface area (Å²) < 4.78 is 1.76. The molecule has 25 heavy (non-hydrogen) atoms. The van der Waals surface area contributed by atoms with E-state index in [1.807, 2.05) is 55.6 Å². The number of carbonyl (C=O) groups excluding carboxylic acids is 1. The molecule has 0 aliphatic carbocycles. The molecule has 126 valence electrons. The molecule has 6 nitrogen and oxygen atoms in total. The number of para-hydroxylation sites is 1. The van der Waals surface area contributed by atoms with E-state index in [0.29, 0.717) is 11.5 Å². The second-order valence-electron chi connectivity index (χ2n) is 5.88. The first-order chi connectivity index (χ1) is 12.1. The van der Waals surface area contributed by atoms with Gasteiger partial charge in [-0.1, -0.05) is 24.3 Å². The number of nitrogens with zero attached hydrogens (tertiary/aromatic N) is 3. The molecule has 0 saturated heterocycles. The number of benzene rings is 1. The fraction of sp³-hybridized carbons (Fsp3) is 0.167. The molecule has 4 rings (SSSR count). The zero-order chi connectivity index (χ0) is 17.4. The lowest BCUT2D eigenvalue weighted by atomic mass is 10.0. The van der Waals surface area contributed by atoms with Crippen LogP contribution < -0.4 is 10.6 Å². The Morgan fingerprint density at radius 3 is 2.84 bits per heavy atom. The van der Waals surface area contributed by atoms with Crippen molar-refractivity contribution < 1.29 is 4.79 Å². The predicted molar refractivity (Wildman–Crippen MR) is 98.6 cm³/mol. The topological polar surface area (TPSA) is 71.8 Å². The van der Waals surface area contributed by atoms with Gasteiger partial charge in [-0.2, -0.15) is 10.1 Å². The van der Waals surface area contributed by atoms with Gasteiger partial charge in [0, 0.05) is 16.3 Å². The number of thiophene rings is 1. The molecule has 3 aromatic rings. The number of hydrogen-bond acceptors (Lipinski definition) is 5. The van der Waals surface area contributed by atoms with E-state index in [4.69, 9.17) is 0 Å². The number of hydrogen-bond donors (Lipinski definition) is 2. The van der Waals surface area contributed by atoms with Crippen LogP contribution in [0.4, 0.5) is 11.6 Å². The van der Waals surface area contributed by atoms with Crippen LogP contribution in [0, 0.1) is 6.92 Å². The molecule has 2 aromatic heterocycles. The number of aryl methyl sites for hydroxylation is 1.